The van der Waals surface area contributed by atoms with E-state index < -0.39 is 0 Å². The molecule has 64 valence electrons. The molecule has 12 heavy (non-hydrogen) atoms. The first kappa shape index (κ1) is 8.60. The van der Waals surface area contributed by atoms with Crippen LogP contribution in [0.1, 0.15) is 5.56 Å². The molecule has 1 aliphatic heterocycles. The molecule has 0 fully saturated rings. The number of fused-ring (bicyclic) bond motifs is 1. The summed E-state index contributed by atoms with van der Waals surface area (Å²) in [7, 11) is 0. The van der Waals surface area contributed by atoms with E-state index in [1.54, 1.807) is 0 Å². The zero-order valence-electron chi connectivity index (χ0n) is 6.59. The van der Waals surface area contributed by atoms with Crippen molar-refractivity contribution in [3.05, 3.63) is 28.2 Å². The molecule has 1 nitrogen and oxygen atoms in total. The summed E-state index contributed by atoms with van der Waals surface area (Å²) >= 11 is 5.40. The highest BCUT2D eigenvalue weighted by Gasteiger charge is 2.17. The number of halogens is 1. The van der Waals surface area contributed by atoms with E-state index in [9.17, 15) is 0 Å². The zero-order valence-corrected chi connectivity index (χ0v) is 8.99. The second-order valence-electron chi connectivity index (χ2n) is 2.99. The predicted octanol–water partition coefficient (Wildman–Crippen LogP) is 2.42. The van der Waals surface area contributed by atoms with Crippen molar-refractivity contribution in [3.63, 3.8) is 0 Å². The van der Waals surface area contributed by atoms with Gasteiger partial charge in [0.05, 0.1) is 0 Å². The lowest BCUT2D eigenvalue weighted by molar-refractivity contribution is 0.724. The number of hydrogen-bond donors (Lipinski definition) is 1. The van der Waals surface area contributed by atoms with Gasteiger partial charge in [-0.3, -0.25) is 0 Å². The van der Waals surface area contributed by atoms with Crippen LogP contribution >= 0.6 is 27.7 Å². The highest BCUT2D eigenvalue weighted by atomic mass is 79.9. The summed E-state index contributed by atoms with van der Waals surface area (Å²) in [6.45, 7) is 0. The summed E-state index contributed by atoms with van der Waals surface area (Å²) in [5, 5.41) is 0. The van der Waals surface area contributed by atoms with Gasteiger partial charge < -0.3 is 5.73 Å². The smallest absolute Gasteiger partial charge is 0.0219 e. The van der Waals surface area contributed by atoms with E-state index in [0.29, 0.717) is 6.04 Å². The SMILES string of the molecule is NC1CSc2cccc(Br)c2C1. The van der Waals surface area contributed by atoms with Crippen molar-refractivity contribution in [2.24, 2.45) is 5.73 Å². The Morgan fingerprint density at radius 3 is 3.17 bits per heavy atom. The summed E-state index contributed by atoms with van der Waals surface area (Å²) < 4.78 is 1.20. The maximum atomic E-state index is 5.88. The molecule has 1 heterocycles. The molecule has 0 saturated heterocycles. The van der Waals surface area contributed by atoms with E-state index in [1.807, 2.05) is 11.8 Å². The molecule has 3 heteroatoms. The van der Waals surface area contributed by atoms with Crippen LogP contribution in [-0.4, -0.2) is 11.8 Å². The van der Waals surface area contributed by atoms with Gasteiger partial charge in [-0.15, -0.1) is 11.8 Å². The monoisotopic (exact) mass is 243 g/mol. The van der Waals surface area contributed by atoms with E-state index in [1.165, 1.54) is 14.9 Å². The van der Waals surface area contributed by atoms with E-state index >= 15 is 0 Å². The molecule has 2 N–H and O–H groups in total. The third kappa shape index (κ3) is 1.53. The van der Waals surface area contributed by atoms with Gasteiger partial charge in [-0.1, -0.05) is 22.0 Å². The lowest BCUT2D eigenvalue weighted by Crippen LogP contribution is -2.28. The van der Waals surface area contributed by atoms with Gasteiger partial charge >= 0.3 is 0 Å². The number of nitrogens with two attached hydrogens (primary N) is 1. The quantitative estimate of drug-likeness (QED) is 0.758. The number of thioether (sulfide) groups is 1. The van der Waals surface area contributed by atoms with Crippen molar-refractivity contribution in [1.82, 2.24) is 0 Å². The number of rotatable bonds is 0. The topological polar surface area (TPSA) is 26.0 Å². The van der Waals surface area contributed by atoms with Crippen LogP contribution in [0.25, 0.3) is 0 Å². The minimum absolute atomic E-state index is 0.321. The molecule has 1 aliphatic rings. The molecule has 0 radical (unpaired) electrons. The standard InChI is InChI=1S/C9H10BrNS/c10-8-2-1-3-9-7(8)4-6(11)5-12-9/h1-3,6H,4-5,11H2. The Balaban J connectivity index is 2.43. The first-order valence-electron chi connectivity index (χ1n) is 3.93. The molecule has 2 rings (SSSR count). The Kier molecular flexibility index (Phi) is 2.44. The van der Waals surface area contributed by atoms with Crippen LogP contribution in [-0.2, 0) is 6.42 Å². The van der Waals surface area contributed by atoms with E-state index in [2.05, 4.69) is 34.1 Å². The lowest BCUT2D eigenvalue weighted by atomic mass is 10.1. The molecular formula is C9H10BrNS. The van der Waals surface area contributed by atoms with Crippen LogP contribution in [0, 0.1) is 0 Å². The molecule has 0 spiro atoms. The van der Waals surface area contributed by atoms with Gasteiger partial charge in [-0.2, -0.15) is 0 Å². The second-order valence-corrected chi connectivity index (χ2v) is 4.91. The van der Waals surface area contributed by atoms with Crippen molar-refractivity contribution in [2.45, 2.75) is 17.4 Å². The normalized spacial score (nSPS) is 22.0. The number of benzene rings is 1. The molecule has 0 aromatic heterocycles. The molecule has 0 bridgehead atoms. The summed E-state index contributed by atoms with van der Waals surface area (Å²) in [4.78, 5) is 1.38. The largest absolute Gasteiger partial charge is 0.327 e. The molecule has 1 unspecified atom stereocenters. The van der Waals surface area contributed by atoms with Crippen LogP contribution in [0.5, 0.6) is 0 Å². The summed E-state index contributed by atoms with van der Waals surface area (Å²) in [6, 6.07) is 6.64. The van der Waals surface area contributed by atoms with Crippen molar-refractivity contribution in [1.29, 1.82) is 0 Å². The highest BCUT2D eigenvalue weighted by Crippen LogP contribution is 2.33. The van der Waals surface area contributed by atoms with Crippen LogP contribution in [0.15, 0.2) is 27.6 Å². The average Bonchev–Trinajstić information content (AvgIpc) is 2.07. The molecule has 0 aliphatic carbocycles. The molecule has 1 aromatic carbocycles. The summed E-state index contributed by atoms with van der Waals surface area (Å²) in [6.07, 6.45) is 1.00. The Morgan fingerprint density at radius 2 is 2.33 bits per heavy atom. The van der Waals surface area contributed by atoms with Crippen LogP contribution in [0.3, 0.4) is 0 Å². The maximum absolute atomic E-state index is 5.88. The Bertz CT molecular complexity index is 301. The summed E-state index contributed by atoms with van der Waals surface area (Å²) in [5.74, 6) is 1.05. The Morgan fingerprint density at radius 1 is 1.50 bits per heavy atom. The zero-order chi connectivity index (χ0) is 8.55. The van der Waals surface area contributed by atoms with Crippen LogP contribution in [0.4, 0.5) is 0 Å². The minimum atomic E-state index is 0.321. The first-order valence-corrected chi connectivity index (χ1v) is 5.71. The predicted molar refractivity (Wildman–Crippen MR) is 56.5 cm³/mol. The van der Waals surface area contributed by atoms with Crippen LogP contribution in [0.2, 0.25) is 0 Å². The lowest BCUT2D eigenvalue weighted by Gasteiger charge is -2.21. The van der Waals surface area contributed by atoms with Gasteiger partial charge in [0.15, 0.2) is 0 Å². The molecule has 0 saturated carbocycles. The van der Waals surface area contributed by atoms with Gasteiger partial charge in [0, 0.05) is 21.2 Å². The highest BCUT2D eigenvalue weighted by molar-refractivity contribution is 9.10. The van der Waals surface area contributed by atoms with E-state index in [0.717, 1.165) is 12.2 Å². The van der Waals surface area contributed by atoms with E-state index in [4.69, 9.17) is 5.73 Å². The fourth-order valence-electron chi connectivity index (χ4n) is 1.39. The van der Waals surface area contributed by atoms with Gasteiger partial charge in [0.2, 0.25) is 0 Å². The third-order valence-corrected chi connectivity index (χ3v) is 4.03. The van der Waals surface area contributed by atoms with Gasteiger partial charge in [0.25, 0.3) is 0 Å². The fraction of sp³-hybridized carbons (Fsp3) is 0.333. The third-order valence-electron chi connectivity index (χ3n) is 2.00. The average molecular weight is 244 g/mol. The van der Waals surface area contributed by atoms with Crippen molar-refractivity contribution in [2.75, 3.05) is 5.75 Å². The van der Waals surface area contributed by atoms with Crippen molar-refractivity contribution < 1.29 is 0 Å². The molecule has 0 amide bonds. The van der Waals surface area contributed by atoms with Gasteiger partial charge in [0.1, 0.15) is 0 Å². The Labute approximate surface area is 84.9 Å². The van der Waals surface area contributed by atoms with Crippen molar-refractivity contribution in [3.8, 4) is 0 Å². The Hall–Kier alpha value is 0.01000. The summed E-state index contributed by atoms with van der Waals surface area (Å²) in [5.41, 5.74) is 7.25. The minimum Gasteiger partial charge on any atom is -0.327 e. The van der Waals surface area contributed by atoms with Crippen molar-refractivity contribution >= 4 is 27.7 Å². The molecular weight excluding hydrogens is 234 g/mol. The van der Waals surface area contributed by atoms with Gasteiger partial charge in [-0.05, 0) is 24.1 Å². The second kappa shape index (κ2) is 3.40. The van der Waals surface area contributed by atoms with Gasteiger partial charge in [-0.25, -0.2) is 0 Å². The first-order chi connectivity index (χ1) is 5.77. The number of hydrogen-bond acceptors (Lipinski definition) is 2. The van der Waals surface area contributed by atoms with E-state index in [-0.39, 0.29) is 0 Å². The molecule has 1 atom stereocenters. The maximum Gasteiger partial charge on any atom is 0.0219 e. The molecule has 1 aromatic rings. The van der Waals surface area contributed by atoms with Crippen LogP contribution < -0.4 is 5.73 Å². The fourth-order valence-corrected chi connectivity index (χ4v) is 3.10.